The van der Waals surface area contributed by atoms with Gasteiger partial charge in [-0.3, -0.25) is 14.4 Å². The molecule has 0 saturated carbocycles. The lowest BCUT2D eigenvalue weighted by molar-refractivity contribution is -0.147. The van der Waals surface area contributed by atoms with Crippen molar-refractivity contribution in [2.24, 2.45) is 10.8 Å². The van der Waals surface area contributed by atoms with Crippen molar-refractivity contribution in [3.05, 3.63) is 54.1 Å². The molecule has 0 amide bonds. The Balaban J connectivity index is 2.16. The van der Waals surface area contributed by atoms with Gasteiger partial charge in [0.2, 0.25) is 0 Å². The first-order valence-electron chi connectivity index (χ1n) is 13.6. The van der Waals surface area contributed by atoms with Crippen molar-refractivity contribution >= 4 is 24.1 Å². The number of carbonyl (C=O) groups is 4. The van der Waals surface area contributed by atoms with Crippen molar-refractivity contribution in [3.63, 3.8) is 0 Å². The standard InChI is InChI=1S/C31H41NO9/c1-8-30(3,4)27(34)40-24-16-15-21(20-25(24)41-28(35)31(5,6)9-2)19-23(26(33)37-7)32-17-18-38-29(36)39-22-13-11-10-12-14-22/h10-16,20,23,32H,8-9,17-19H2,1-7H3/t23-/m0/s1. The molecule has 0 aliphatic rings. The summed E-state index contributed by atoms with van der Waals surface area (Å²) < 4.78 is 26.4. The maximum Gasteiger partial charge on any atom is 0.513 e. The van der Waals surface area contributed by atoms with Crippen LogP contribution < -0.4 is 19.5 Å². The highest BCUT2D eigenvalue weighted by atomic mass is 16.7. The van der Waals surface area contributed by atoms with E-state index in [2.05, 4.69) is 5.32 Å². The van der Waals surface area contributed by atoms with Crippen molar-refractivity contribution in [2.45, 2.75) is 66.8 Å². The predicted octanol–water partition coefficient (Wildman–Crippen LogP) is 5.26. The second-order valence-corrected chi connectivity index (χ2v) is 10.8. The van der Waals surface area contributed by atoms with Crippen molar-refractivity contribution in [1.29, 1.82) is 0 Å². The molecule has 0 aromatic heterocycles. The van der Waals surface area contributed by atoms with Gasteiger partial charge < -0.3 is 29.0 Å². The van der Waals surface area contributed by atoms with Gasteiger partial charge in [-0.2, -0.15) is 0 Å². The lowest BCUT2D eigenvalue weighted by Gasteiger charge is -2.24. The van der Waals surface area contributed by atoms with E-state index in [4.69, 9.17) is 23.7 Å². The third-order valence-electron chi connectivity index (χ3n) is 6.87. The zero-order valence-corrected chi connectivity index (χ0v) is 24.9. The first kappa shape index (κ1) is 33.3. The number of nitrogens with one attached hydrogen (secondary N) is 1. The second kappa shape index (κ2) is 15.2. The van der Waals surface area contributed by atoms with Crippen LogP contribution in [0.15, 0.2) is 48.5 Å². The Kier molecular flexibility index (Phi) is 12.3. The van der Waals surface area contributed by atoms with E-state index in [9.17, 15) is 19.2 Å². The van der Waals surface area contributed by atoms with E-state index in [0.29, 0.717) is 24.2 Å². The van der Waals surface area contributed by atoms with E-state index in [-0.39, 0.29) is 31.1 Å². The number of hydrogen-bond acceptors (Lipinski definition) is 10. The van der Waals surface area contributed by atoms with Gasteiger partial charge in [-0.15, -0.1) is 0 Å². The zero-order chi connectivity index (χ0) is 30.6. The summed E-state index contributed by atoms with van der Waals surface area (Å²) in [5, 5.41) is 3.01. The number of rotatable bonds is 14. The number of ether oxygens (including phenoxy) is 5. The fourth-order valence-electron chi connectivity index (χ4n) is 3.21. The van der Waals surface area contributed by atoms with Gasteiger partial charge in [-0.05, 0) is 76.8 Å². The van der Waals surface area contributed by atoms with E-state index in [1.807, 2.05) is 13.8 Å². The molecule has 0 saturated heterocycles. The van der Waals surface area contributed by atoms with Gasteiger partial charge in [0.05, 0.1) is 17.9 Å². The highest BCUT2D eigenvalue weighted by molar-refractivity contribution is 5.81. The molecule has 0 fully saturated rings. The quantitative estimate of drug-likeness (QED) is 0.139. The van der Waals surface area contributed by atoms with E-state index in [1.165, 1.54) is 13.2 Å². The van der Waals surface area contributed by atoms with E-state index < -0.39 is 40.9 Å². The minimum absolute atomic E-state index is 0.0593. The molecule has 1 N–H and O–H groups in total. The summed E-state index contributed by atoms with van der Waals surface area (Å²) in [6.07, 6.45) is 0.378. The Morgan fingerprint density at radius 1 is 0.805 bits per heavy atom. The Bertz CT molecular complexity index is 1190. The molecule has 1 atom stereocenters. The Morgan fingerprint density at radius 3 is 1.95 bits per heavy atom. The van der Waals surface area contributed by atoms with Crippen molar-refractivity contribution in [3.8, 4) is 17.2 Å². The SMILES string of the molecule is CCC(C)(C)C(=O)Oc1ccc(C[C@H](NCCOC(=O)Oc2ccccc2)C(=O)OC)cc1OC(=O)C(C)(C)CC. The van der Waals surface area contributed by atoms with Gasteiger partial charge in [0.1, 0.15) is 18.4 Å². The minimum Gasteiger partial charge on any atom is -0.468 e. The summed E-state index contributed by atoms with van der Waals surface area (Å²) in [4.78, 5) is 50.1. The first-order chi connectivity index (χ1) is 19.3. The van der Waals surface area contributed by atoms with Gasteiger partial charge in [-0.25, -0.2) is 4.79 Å². The molecule has 10 nitrogen and oxygen atoms in total. The van der Waals surface area contributed by atoms with Crippen molar-refractivity contribution in [2.75, 3.05) is 20.3 Å². The third kappa shape index (κ3) is 10.2. The zero-order valence-electron chi connectivity index (χ0n) is 24.9. The van der Waals surface area contributed by atoms with Crippen LogP contribution >= 0.6 is 0 Å². The van der Waals surface area contributed by atoms with Gasteiger partial charge >= 0.3 is 24.1 Å². The Labute approximate surface area is 241 Å². The summed E-state index contributed by atoms with van der Waals surface area (Å²) in [5.41, 5.74) is -0.889. The molecule has 0 heterocycles. The number of para-hydroxylation sites is 1. The largest absolute Gasteiger partial charge is 0.513 e. The van der Waals surface area contributed by atoms with Crippen molar-refractivity contribution in [1.82, 2.24) is 5.32 Å². The van der Waals surface area contributed by atoms with Crippen LogP contribution in [0.4, 0.5) is 4.79 Å². The number of benzene rings is 2. The Morgan fingerprint density at radius 2 is 1.39 bits per heavy atom. The minimum atomic E-state index is -0.870. The third-order valence-corrected chi connectivity index (χ3v) is 6.87. The summed E-state index contributed by atoms with van der Waals surface area (Å²) >= 11 is 0. The Hall–Kier alpha value is -3.92. The van der Waals surface area contributed by atoms with Crippen LogP contribution in [0, 0.1) is 10.8 Å². The molecular weight excluding hydrogens is 530 g/mol. The molecule has 0 unspecified atom stereocenters. The normalized spacial score (nSPS) is 12.2. The van der Waals surface area contributed by atoms with Crippen LogP contribution in [0.1, 0.15) is 59.9 Å². The molecule has 2 aromatic rings. The highest BCUT2D eigenvalue weighted by Crippen LogP contribution is 2.34. The number of methoxy groups -OCH3 is 1. The van der Waals surface area contributed by atoms with Crippen LogP contribution in [0.2, 0.25) is 0 Å². The predicted molar refractivity (Wildman–Crippen MR) is 152 cm³/mol. The highest BCUT2D eigenvalue weighted by Gasteiger charge is 2.32. The van der Waals surface area contributed by atoms with E-state index in [1.54, 1.807) is 70.2 Å². The summed E-state index contributed by atoms with van der Waals surface area (Å²) in [6.45, 7) is 10.9. The molecule has 0 aliphatic heterocycles. The first-order valence-corrected chi connectivity index (χ1v) is 13.6. The number of hydrogen-bond donors (Lipinski definition) is 1. The van der Waals surface area contributed by atoms with Crippen LogP contribution in [0.25, 0.3) is 0 Å². The summed E-state index contributed by atoms with van der Waals surface area (Å²) in [5.74, 6) is -0.948. The maximum atomic E-state index is 12.9. The molecule has 224 valence electrons. The van der Waals surface area contributed by atoms with Gasteiger partial charge in [-0.1, -0.05) is 38.1 Å². The lowest BCUT2D eigenvalue weighted by Crippen LogP contribution is -2.41. The number of esters is 3. The average molecular weight is 572 g/mol. The second-order valence-electron chi connectivity index (χ2n) is 10.8. The molecule has 0 aliphatic carbocycles. The lowest BCUT2D eigenvalue weighted by atomic mass is 9.90. The maximum absolute atomic E-state index is 12.9. The molecule has 0 bridgehead atoms. The smallest absolute Gasteiger partial charge is 0.468 e. The number of carbonyl (C=O) groups excluding carboxylic acids is 4. The van der Waals surface area contributed by atoms with E-state index >= 15 is 0 Å². The molecule has 2 rings (SSSR count). The fourth-order valence-corrected chi connectivity index (χ4v) is 3.21. The average Bonchev–Trinajstić information content (AvgIpc) is 2.95. The van der Waals surface area contributed by atoms with Crippen molar-refractivity contribution < 1.29 is 42.9 Å². The van der Waals surface area contributed by atoms with Gasteiger partial charge in [0, 0.05) is 6.54 Å². The van der Waals surface area contributed by atoms with Gasteiger partial charge in [0.25, 0.3) is 0 Å². The molecule has 41 heavy (non-hydrogen) atoms. The van der Waals surface area contributed by atoms with Crippen LogP contribution in [0.3, 0.4) is 0 Å². The van der Waals surface area contributed by atoms with Crippen LogP contribution in [-0.4, -0.2) is 50.4 Å². The molecule has 10 heteroatoms. The fraction of sp³-hybridized carbons (Fsp3) is 0.484. The van der Waals surface area contributed by atoms with Crippen LogP contribution in [-0.2, 0) is 30.3 Å². The van der Waals surface area contributed by atoms with Gasteiger partial charge in [0.15, 0.2) is 11.5 Å². The summed E-state index contributed by atoms with van der Waals surface area (Å²) in [6, 6.07) is 12.5. The molecular formula is C31H41NO9. The van der Waals surface area contributed by atoms with E-state index in [0.717, 1.165) is 0 Å². The molecule has 0 spiro atoms. The van der Waals surface area contributed by atoms with Crippen LogP contribution in [0.5, 0.6) is 17.2 Å². The topological polar surface area (TPSA) is 126 Å². The molecule has 2 aromatic carbocycles. The monoisotopic (exact) mass is 571 g/mol. The molecule has 0 radical (unpaired) electrons. The summed E-state index contributed by atoms with van der Waals surface area (Å²) in [7, 11) is 1.27.